The number of hydrogen-bond donors (Lipinski definition) is 2. The SMILES string of the molecule is CCc1cccc2c1C1(N)c3c(ccc4c3C3c5c-4ccc4c5C(N)(c5c(CC)cccc5C4)[n+]4ncc[n+]1c43)C2. The molecule has 4 N–H and O–H groups in total. The molecule has 5 nitrogen and oxygen atoms in total. The minimum atomic E-state index is -0.920. The highest BCUT2D eigenvalue weighted by atomic mass is 15.4. The highest BCUT2D eigenvalue weighted by Gasteiger charge is 2.69. The molecule has 0 saturated carbocycles. The van der Waals surface area contributed by atoms with Gasteiger partial charge in [-0.25, -0.2) is 0 Å². The van der Waals surface area contributed by atoms with Crippen molar-refractivity contribution in [1.82, 2.24) is 5.10 Å². The zero-order valence-electron chi connectivity index (χ0n) is 23.3. The number of nitrogens with two attached hydrogens (primary N) is 2. The molecule has 0 amide bonds. The van der Waals surface area contributed by atoms with E-state index in [1.807, 2.05) is 6.20 Å². The maximum absolute atomic E-state index is 7.91. The Morgan fingerprint density at radius 3 is 1.83 bits per heavy atom. The Hall–Kier alpha value is -4.19. The summed E-state index contributed by atoms with van der Waals surface area (Å²) in [4.78, 5) is 0. The summed E-state index contributed by atoms with van der Waals surface area (Å²) < 4.78 is 4.51. The Morgan fingerprint density at radius 1 is 0.707 bits per heavy atom. The molecule has 41 heavy (non-hydrogen) atoms. The van der Waals surface area contributed by atoms with Crippen molar-refractivity contribution >= 4 is 0 Å². The van der Waals surface area contributed by atoms with Crippen LogP contribution in [0.3, 0.4) is 0 Å². The zero-order chi connectivity index (χ0) is 27.4. The zero-order valence-corrected chi connectivity index (χ0v) is 23.3. The van der Waals surface area contributed by atoms with Crippen LogP contribution in [-0.2, 0) is 37.0 Å². The summed E-state index contributed by atoms with van der Waals surface area (Å²) in [7, 11) is 0. The van der Waals surface area contributed by atoms with Gasteiger partial charge in [-0.3, -0.25) is 11.5 Å². The molecule has 198 valence electrons. The van der Waals surface area contributed by atoms with Crippen molar-refractivity contribution in [3.8, 4) is 11.1 Å². The summed E-state index contributed by atoms with van der Waals surface area (Å²) in [6.45, 7) is 4.47. The highest BCUT2D eigenvalue weighted by molar-refractivity contribution is 5.86. The number of hydrogen-bond acceptors (Lipinski definition) is 3. The predicted molar refractivity (Wildman–Crippen MR) is 155 cm³/mol. The second-order valence-corrected chi connectivity index (χ2v) is 12.5. The molecule has 2 aliphatic heterocycles. The molecule has 5 aliphatic rings. The summed E-state index contributed by atoms with van der Waals surface area (Å²) in [5, 5.41) is 5.13. The molecule has 5 heteroatoms. The van der Waals surface area contributed by atoms with E-state index in [9.17, 15) is 0 Å². The highest BCUT2D eigenvalue weighted by Crippen LogP contribution is 2.60. The molecular weight excluding hydrogens is 502 g/mol. The van der Waals surface area contributed by atoms with Crippen LogP contribution in [0.4, 0.5) is 0 Å². The number of aryl methyl sites for hydroxylation is 2. The fraction of sp³-hybridized carbons (Fsp3) is 0.250. The first kappa shape index (κ1) is 22.5. The van der Waals surface area contributed by atoms with Crippen molar-refractivity contribution in [1.29, 1.82) is 0 Å². The first-order valence-electron chi connectivity index (χ1n) is 15.0. The van der Waals surface area contributed by atoms with Gasteiger partial charge in [-0.2, -0.15) is 0 Å². The van der Waals surface area contributed by atoms with Crippen LogP contribution >= 0.6 is 0 Å². The van der Waals surface area contributed by atoms with Gasteiger partial charge in [0, 0.05) is 5.10 Å². The topological polar surface area (TPSA) is 72.7 Å². The molecule has 0 radical (unpaired) electrons. The van der Waals surface area contributed by atoms with Crippen molar-refractivity contribution in [3.63, 3.8) is 0 Å². The third-order valence-electron chi connectivity index (χ3n) is 10.9. The van der Waals surface area contributed by atoms with Gasteiger partial charge < -0.3 is 0 Å². The summed E-state index contributed by atoms with van der Waals surface area (Å²) in [6, 6.07) is 22.7. The molecule has 5 aromatic rings. The first-order valence-corrected chi connectivity index (χ1v) is 15.0. The fourth-order valence-corrected chi connectivity index (χ4v) is 9.51. The Balaban J connectivity index is 1.43. The summed E-state index contributed by atoms with van der Waals surface area (Å²) in [5.74, 6) is 1.14. The lowest BCUT2D eigenvalue weighted by atomic mass is 9.66. The lowest BCUT2D eigenvalue weighted by Gasteiger charge is -2.42. The lowest BCUT2D eigenvalue weighted by Crippen LogP contribution is -2.80. The van der Waals surface area contributed by atoms with E-state index in [0.29, 0.717) is 0 Å². The Bertz CT molecular complexity index is 1930. The second-order valence-electron chi connectivity index (χ2n) is 12.5. The number of aromatic nitrogens is 3. The van der Waals surface area contributed by atoms with Crippen molar-refractivity contribution in [2.24, 2.45) is 11.5 Å². The summed E-state index contributed by atoms with van der Waals surface area (Å²) in [6.07, 6.45) is 7.66. The third kappa shape index (κ3) is 2.22. The van der Waals surface area contributed by atoms with Crippen LogP contribution in [0.2, 0.25) is 0 Å². The Morgan fingerprint density at radius 2 is 1.24 bits per heavy atom. The average molecular weight is 534 g/mol. The van der Waals surface area contributed by atoms with Crippen molar-refractivity contribution in [2.75, 3.05) is 0 Å². The predicted octanol–water partition coefficient (Wildman–Crippen LogP) is 3.79. The normalized spacial score (nSPS) is 24.0. The smallest absolute Gasteiger partial charge is 0.262 e. The lowest BCUT2D eigenvalue weighted by molar-refractivity contribution is -0.909. The van der Waals surface area contributed by atoms with Crippen LogP contribution in [-0.4, -0.2) is 5.10 Å². The number of benzene rings is 4. The van der Waals surface area contributed by atoms with Crippen LogP contribution in [0.25, 0.3) is 11.1 Å². The molecular formula is C36H31N5+2. The van der Waals surface area contributed by atoms with Gasteiger partial charge in [0.15, 0.2) is 12.1 Å². The molecule has 0 spiro atoms. The van der Waals surface area contributed by atoms with E-state index in [1.54, 1.807) is 0 Å². The van der Waals surface area contributed by atoms with Crippen LogP contribution in [0.1, 0.15) is 92.4 Å². The standard InChI is InChI=1S/C36H31N5/c1-3-19-7-5-9-21-17-23-11-13-25-26-14-12-24-18-22-10-6-8-20(4-2)31(22)36(38)33(24)28(26)29-27(25)32(23)35(37,30(19)21)40-16-15-39-41(36)34(29)40/h5-16,29H,3-4,17-18,37-38H2,1-2H3/q+2. The summed E-state index contributed by atoms with van der Waals surface area (Å²) in [5.41, 5.74) is 32.2. The largest absolute Gasteiger partial charge is 0.459 e. The molecule has 3 aliphatic carbocycles. The molecule has 3 atom stereocenters. The second kappa shape index (κ2) is 6.99. The van der Waals surface area contributed by atoms with Crippen LogP contribution in [0, 0.1) is 0 Å². The molecule has 0 bridgehead atoms. The quantitative estimate of drug-likeness (QED) is 0.333. The summed E-state index contributed by atoms with van der Waals surface area (Å²) >= 11 is 0. The molecule has 0 fully saturated rings. The molecule has 0 saturated heterocycles. The van der Waals surface area contributed by atoms with Gasteiger partial charge >= 0.3 is 11.5 Å². The van der Waals surface area contributed by atoms with E-state index in [-0.39, 0.29) is 5.92 Å². The van der Waals surface area contributed by atoms with Crippen LogP contribution in [0.15, 0.2) is 73.1 Å². The van der Waals surface area contributed by atoms with E-state index >= 15 is 0 Å². The maximum atomic E-state index is 7.91. The Labute approximate surface area is 239 Å². The van der Waals surface area contributed by atoms with E-state index in [0.717, 1.165) is 31.5 Å². The van der Waals surface area contributed by atoms with Gasteiger partial charge in [0.25, 0.3) is 5.66 Å². The molecule has 3 heterocycles. The van der Waals surface area contributed by atoms with Gasteiger partial charge in [0.1, 0.15) is 0 Å². The van der Waals surface area contributed by atoms with Gasteiger partial charge in [0.05, 0.1) is 22.3 Å². The number of rotatable bonds is 2. The van der Waals surface area contributed by atoms with E-state index in [1.165, 1.54) is 77.9 Å². The third-order valence-corrected chi connectivity index (χ3v) is 10.9. The van der Waals surface area contributed by atoms with Crippen molar-refractivity contribution < 1.29 is 9.25 Å². The van der Waals surface area contributed by atoms with Crippen LogP contribution in [0.5, 0.6) is 0 Å². The van der Waals surface area contributed by atoms with Crippen molar-refractivity contribution in [2.45, 2.75) is 56.8 Å². The number of nitrogens with zero attached hydrogens (tertiary/aromatic N) is 3. The van der Waals surface area contributed by atoms with Crippen LogP contribution < -0.4 is 20.7 Å². The maximum Gasteiger partial charge on any atom is 0.459 e. The molecule has 4 aromatic carbocycles. The fourth-order valence-electron chi connectivity index (χ4n) is 9.51. The van der Waals surface area contributed by atoms with Crippen molar-refractivity contribution in [3.05, 3.63) is 146 Å². The minimum Gasteiger partial charge on any atom is -0.262 e. The Kier molecular flexibility index (Phi) is 3.83. The average Bonchev–Trinajstić information content (AvgIpc) is 3.34. The molecule has 3 unspecified atom stereocenters. The minimum absolute atomic E-state index is 0.0534. The molecule has 1 aromatic heterocycles. The molecule has 10 rings (SSSR count). The first-order chi connectivity index (χ1) is 20.0. The monoisotopic (exact) mass is 533 g/mol. The number of fused-ring (bicyclic) bond motifs is 7. The van der Waals surface area contributed by atoms with Gasteiger partial charge in [-0.15, -0.1) is 4.57 Å². The van der Waals surface area contributed by atoms with Gasteiger partial charge in [-0.1, -0.05) is 74.5 Å². The van der Waals surface area contributed by atoms with E-state index in [4.69, 9.17) is 16.6 Å². The van der Waals surface area contributed by atoms with Gasteiger partial charge in [0.2, 0.25) is 6.20 Å². The van der Waals surface area contributed by atoms with E-state index in [2.05, 4.69) is 90.0 Å². The van der Waals surface area contributed by atoms with Gasteiger partial charge in [-0.05, 0) is 86.0 Å². The van der Waals surface area contributed by atoms with E-state index < -0.39 is 11.3 Å².